The maximum Gasteiger partial charge on any atom is 0.335 e. The van der Waals surface area contributed by atoms with Gasteiger partial charge in [0.15, 0.2) is 11.5 Å². The van der Waals surface area contributed by atoms with Crippen LogP contribution in [0, 0.1) is 5.82 Å². The van der Waals surface area contributed by atoms with Crippen molar-refractivity contribution >= 4 is 5.97 Å². The molecule has 1 aromatic carbocycles. The number of methoxy groups -OCH3 is 1. The highest BCUT2D eigenvalue weighted by atomic mass is 19.1. The predicted molar refractivity (Wildman–Crippen MR) is 86.0 cm³/mol. The van der Waals surface area contributed by atoms with Crippen LogP contribution >= 0.6 is 0 Å². The van der Waals surface area contributed by atoms with E-state index >= 15 is 0 Å². The average Bonchev–Trinajstić information content (AvgIpc) is 2.51. The Labute approximate surface area is 135 Å². The van der Waals surface area contributed by atoms with E-state index in [0.29, 0.717) is 17.1 Å². The maximum absolute atomic E-state index is 12.9. The molecule has 1 N–H and O–H groups in total. The van der Waals surface area contributed by atoms with Crippen LogP contribution in [0.3, 0.4) is 0 Å². The number of carboxylic acids is 1. The molecule has 0 saturated carbocycles. The lowest BCUT2D eigenvalue weighted by Crippen LogP contribution is -2.05. The third-order valence-electron chi connectivity index (χ3n) is 3.08. The number of benzene rings is 1. The summed E-state index contributed by atoms with van der Waals surface area (Å²) >= 11 is 0. The molecule has 1 rings (SSSR count). The van der Waals surface area contributed by atoms with Crippen LogP contribution in [0.15, 0.2) is 59.1 Å². The normalized spacial score (nSPS) is 11.9. The van der Waals surface area contributed by atoms with Gasteiger partial charge in [-0.3, -0.25) is 0 Å². The highest BCUT2D eigenvalue weighted by Gasteiger charge is 2.13. The fraction of sp³-hybridized carbons (Fsp3) is 0.278. The molecule has 5 heteroatoms. The standard InChI is InChI=1S/C18H21FO4/c1-5-16(23-11-13-6-8-14(19)9-7-13)17(22-4)10-15(12(2)3)18(20)21/h5-10H,11H2,1-4H3,(H,20,21)/b16-5+,17-10+. The van der Waals surface area contributed by atoms with Crippen LogP contribution in [-0.2, 0) is 20.9 Å². The van der Waals surface area contributed by atoms with Crippen molar-refractivity contribution in [1.29, 1.82) is 0 Å². The summed E-state index contributed by atoms with van der Waals surface area (Å²) < 4.78 is 23.8. The van der Waals surface area contributed by atoms with E-state index in [2.05, 4.69) is 0 Å². The summed E-state index contributed by atoms with van der Waals surface area (Å²) in [4.78, 5) is 11.3. The van der Waals surface area contributed by atoms with Gasteiger partial charge in [0.25, 0.3) is 0 Å². The van der Waals surface area contributed by atoms with Crippen molar-refractivity contribution in [2.24, 2.45) is 0 Å². The summed E-state index contributed by atoms with van der Waals surface area (Å²) in [6.45, 7) is 5.40. The minimum Gasteiger partial charge on any atom is -0.493 e. The first kappa shape index (κ1) is 18.5. The first-order chi connectivity index (χ1) is 10.9. The molecule has 124 valence electrons. The van der Waals surface area contributed by atoms with Crippen LogP contribution in [0.2, 0.25) is 0 Å². The minimum absolute atomic E-state index is 0.145. The lowest BCUT2D eigenvalue weighted by atomic mass is 10.1. The van der Waals surface area contributed by atoms with Crippen molar-refractivity contribution in [2.75, 3.05) is 7.11 Å². The molecule has 0 radical (unpaired) electrons. The Morgan fingerprint density at radius 3 is 2.26 bits per heavy atom. The van der Waals surface area contributed by atoms with E-state index in [1.807, 2.05) is 0 Å². The number of hydrogen-bond acceptors (Lipinski definition) is 3. The molecule has 0 heterocycles. The summed E-state index contributed by atoms with van der Waals surface area (Å²) in [5, 5.41) is 9.22. The van der Waals surface area contributed by atoms with Crippen molar-refractivity contribution in [3.8, 4) is 0 Å². The molecule has 1 aromatic rings. The van der Waals surface area contributed by atoms with E-state index in [4.69, 9.17) is 9.47 Å². The van der Waals surface area contributed by atoms with Crippen LogP contribution in [0.25, 0.3) is 0 Å². The lowest BCUT2D eigenvalue weighted by molar-refractivity contribution is -0.132. The molecule has 4 nitrogen and oxygen atoms in total. The highest BCUT2D eigenvalue weighted by Crippen LogP contribution is 2.19. The predicted octanol–water partition coefficient (Wildman–Crippen LogP) is 4.20. The van der Waals surface area contributed by atoms with Crippen molar-refractivity contribution < 1.29 is 23.8 Å². The largest absolute Gasteiger partial charge is 0.493 e. The van der Waals surface area contributed by atoms with E-state index < -0.39 is 5.97 Å². The van der Waals surface area contributed by atoms with Gasteiger partial charge < -0.3 is 14.6 Å². The quantitative estimate of drug-likeness (QED) is 0.465. The smallest absolute Gasteiger partial charge is 0.335 e. The van der Waals surface area contributed by atoms with Crippen LogP contribution in [0.1, 0.15) is 26.3 Å². The number of carboxylic acid groups (broad SMARTS) is 1. The van der Waals surface area contributed by atoms with Gasteiger partial charge in [0, 0.05) is 0 Å². The Balaban J connectivity index is 2.95. The molecular weight excluding hydrogens is 299 g/mol. The van der Waals surface area contributed by atoms with Gasteiger partial charge >= 0.3 is 5.97 Å². The van der Waals surface area contributed by atoms with Gasteiger partial charge in [-0.15, -0.1) is 0 Å². The fourth-order valence-electron chi connectivity index (χ4n) is 1.82. The molecule has 0 aliphatic carbocycles. The number of halogens is 1. The zero-order chi connectivity index (χ0) is 17.4. The van der Waals surface area contributed by atoms with Gasteiger partial charge in [-0.1, -0.05) is 17.7 Å². The van der Waals surface area contributed by atoms with E-state index in [0.717, 1.165) is 5.56 Å². The number of ether oxygens (including phenoxy) is 2. The van der Waals surface area contributed by atoms with Crippen molar-refractivity contribution in [3.05, 3.63) is 70.5 Å². The molecule has 0 saturated heterocycles. The van der Waals surface area contributed by atoms with Gasteiger partial charge in [-0.2, -0.15) is 0 Å². The number of aliphatic carboxylic acids is 1. The molecule has 0 aliphatic rings. The van der Waals surface area contributed by atoms with Crippen molar-refractivity contribution in [3.63, 3.8) is 0 Å². The third-order valence-corrected chi connectivity index (χ3v) is 3.08. The van der Waals surface area contributed by atoms with Crippen LogP contribution < -0.4 is 0 Å². The molecule has 0 unspecified atom stereocenters. The van der Waals surface area contributed by atoms with Gasteiger partial charge in [0.05, 0.1) is 12.7 Å². The lowest BCUT2D eigenvalue weighted by Gasteiger charge is -2.13. The Morgan fingerprint density at radius 1 is 1.22 bits per heavy atom. The van der Waals surface area contributed by atoms with Crippen molar-refractivity contribution in [2.45, 2.75) is 27.4 Å². The molecule has 0 spiro atoms. The third kappa shape index (κ3) is 5.62. The Hall–Kier alpha value is -2.56. The minimum atomic E-state index is -1.03. The molecule has 23 heavy (non-hydrogen) atoms. The Kier molecular flexibility index (Phi) is 7.06. The van der Waals surface area contributed by atoms with Gasteiger partial charge in [0.2, 0.25) is 0 Å². The summed E-state index contributed by atoms with van der Waals surface area (Å²) in [6, 6.07) is 5.95. The number of carbonyl (C=O) groups is 1. The Bertz CT molecular complexity index is 635. The first-order valence-electron chi connectivity index (χ1n) is 7.09. The fourth-order valence-corrected chi connectivity index (χ4v) is 1.82. The van der Waals surface area contributed by atoms with Crippen LogP contribution in [-0.4, -0.2) is 18.2 Å². The second-order valence-electron chi connectivity index (χ2n) is 5.00. The second-order valence-corrected chi connectivity index (χ2v) is 5.00. The van der Waals surface area contributed by atoms with Crippen LogP contribution in [0.4, 0.5) is 4.39 Å². The summed E-state index contributed by atoms with van der Waals surface area (Å²) in [5.74, 6) is -0.620. The molecule has 0 bridgehead atoms. The molecule has 0 atom stereocenters. The summed E-state index contributed by atoms with van der Waals surface area (Å²) in [7, 11) is 1.45. The van der Waals surface area contributed by atoms with E-state index in [1.165, 1.54) is 25.3 Å². The van der Waals surface area contributed by atoms with E-state index in [-0.39, 0.29) is 18.0 Å². The number of hydrogen-bond donors (Lipinski definition) is 1. The average molecular weight is 320 g/mol. The van der Waals surface area contributed by atoms with Crippen molar-refractivity contribution in [1.82, 2.24) is 0 Å². The first-order valence-corrected chi connectivity index (χ1v) is 7.09. The summed E-state index contributed by atoms with van der Waals surface area (Å²) in [6.07, 6.45) is 3.11. The molecule has 0 amide bonds. The maximum atomic E-state index is 12.9. The van der Waals surface area contributed by atoms with Gasteiger partial charge in [-0.05, 0) is 50.6 Å². The zero-order valence-electron chi connectivity index (χ0n) is 13.7. The SMILES string of the molecule is C/C=C(OCc1ccc(F)cc1)\C(=C/C(C(=O)O)=C(C)C)OC. The topological polar surface area (TPSA) is 55.8 Å². The van der Waals surface area contributed by atoms with E-state index in [9.17, 15) is 14.3 Å². The monoisotopic (exact) mass is 320 g/mol. The molecular formula is C18H21FO4. The van der Waals surface area contributed by atoms with Gasteiger partial charge in [-0.25, -0.2) is 9.18 Å². The number of allylic oxidation sites excluding steroid dienone is 2. The summed E-state index contributed by atoms with van der Waals surface area (Å²) in [5.41, 5.74) is 1.59. The number of rotatable bonds is 7. The van der Waals surface area contributed by atoms with Gasteiger partial charge in [0.1, 0.15) is 12.4 Å². The molecule has 0 fully saturated rings. The zero-order valence-corrected chi connectivity index (χ0v) is 13.7. The Morgan fingerprint density at radius 2 is 1.83 bits per heavy atom. The second kappa shape index (κ2) is 8.78. The van der Waals surface area contributed by atoms with E-state index in [1.54, 1.807) is 39.0 Å². The molecule has 0 aromatic heterocycles. The highest BCUT2D eigenvalue weighted by molar-refractivity contribution is 5.90. The molecule has 0 aliphatic heterocycles. The van der Waals surface area contributed by atoms with Crippen LogP contribution in [0.5, 0.6) is 0 Å².